The Morgan fingerprint density at radius 1 is 1.00 bits per heavy atom. The minimum absolute atomic E-state index is 0.0585. The Balaban J connectivity index is 1.86. The molecule has 3 aliphatic rings. The van der Waals surface area contributed by atoms with Gasteiger partial charge in [-0.1, -0.05) is 32.1 Å². The first-order valence-corrected chi connectivity index (χ1v) is 11.1. The number of fused-ring (bicyclic) bond motifs is 4. The van der Waals surface area contributed by atoms with Gasteiger partial charge in [-0.2, -0.15) is 0 Å². The van der Waals surface area contributed by atoms with E-state index in [0.717, 1.165) is 10.1 Å². The van der Waals surface area contributed by atoms with E-state index in [1.165, 1.54) is 16.4 Å². The fourth-order valence-corrected chi connectivity index (χ4v) is 6.39. The lowest BCUT2D eigenvalue weighted by molar-refractivity contribution is -0.151. The molecule has 1 fully saturated rings. The summed E-state index contributed by atoms with van der Waals surface area (Å²) in [5.41, 5.74) is -0.681. The number of rotatable bonds is 1. The van der Waals surface area contributed by atoms with Gasteiger partial charge >= 0.3 is 11.4 Å². The van der Waals surface area contributed by atoms with Crippen LogP contribution in [0.5, 0.6) is 5.75 Å². The first-order chi connectivity index (χ1) is 15.4. The summed E-state index contributed by atoms with van der Waals surface area (Å²) >= 11 is 0. The van der Waals surface area contributed by atoms with Crippen molar-refractivity contribution in [3.63, 3.8) is 0 Å². The number of carbonyl (C=O) groups excluding carboxylic acids is 2. The van der Waals surface area contributed by atoms with Crippen LogP contribution in [-0.4, -0.2) is 30.6 Å². The number of allylic oxidation sites excluding steroid dienone is 4. The van der Waals surface area contributed by atoms with E-state index < -0.39 is 34.2 Å². The molecule has 5 rings (SSSR count). The zero-order valence-corrected chi connectivity index (χ0v) is 19.4. The fourth-order valence-electron chi connectivity index (χ4n) is 6.39. The average molecular weight is 450 g/mol. The molecule has 1 saturated carbocycles. The van der Waals surface area contributed by atoms with Crippen LogP contribution in [0.15, 0.2) is 56.6 Å². The number of aromatic hydroxyl groups is 1. The number of ketones is 2. The first-order valence-electron chi connectivity index (χ1n) is 11.1. The summed E-state index contributed by atoms with van der Waals surface area (Å²) < 4.78 is 3.90. The van der Waals surface area contributed by atoms with E-state index in [2.05, 4.69) is 0 Å². The Bertz CT molecular complexity index is 1430. The van der Waals surface area contributed by atoms with Crippen molar-refractivity contribution in [1.29, 1.82) is 0 Å². The number of benzene rings is 1. The number of Topliss-reactive ketones (excluding diaryl/α,β-unsaturated/α-hetero) is 2. The van der Waals surface area contributed by atoms with Gasteiger partial charge in [0, 0.05) is 18.4 Å². The highest BCUT2D eigenvalue weighted by Crippen LogP contribution is 2.66. The Kier molecular flexibility index (Phi) is 4.26. The van der Waals surface area contributed by atoms with E-state index in [9.17, 15) is 24.3 Å². The van der Waals surface area contributed by atoms with Crippen LogP contribution in [0.25, 0.3) is 0 Å². The summed E-state index contributed by atoms with van der Waals surface area (Å²) in [6.45, 7) is 7.21. The zero-order valence-electron chi connectivity index (χ0n) is 19.4. The summed E-state index contributed by atoms with van der Waals surface area (Å²) in [6, 6.07) is 6.17. The number of nitrogens with zero attached hydrogens (tertiary/aromatic N) is 3. The smallest absolute Gasteiger partial charge is 0.347 e. The number of carbonyl (C=O) groups is 2. The van der Waals surface area contributed by atoms with E-state index in [-0.39, 0.29) is 30.3 Å². The van der Waals surface area contributed by atoms with Crippen LogP contribution >= 0.6 is 0 Å². The van der Waals surface area contributed by atoms with Crippen molar-refractivity contribution in [3.05, 3.63) is 73.6 Å². The number of phenolic OH excluding ortho intramolecular Hbond substituents is 1. The lowest BCUT2D eigenvalue weighted by Gasteiger charge is -2.58. The Morgan fingerprint density at radius 2 is 1.67 bits per heavy atom. The molecule has 2 aromatic rings. The molecular formula is C25H27N3O5. The molecule has 8 nitrogen and oxygen atoms in total. The predicted molar refractivity (Wildman–Crippen MR) is 121 cm³/mol. The summed E-state index contributed by atoms with van der Waals surface area (Å²) in [4.78, 5) is 53.4. The maximum atomic E-state index is 13.9. The van der Waals surface area contributed by atoms with Crippen molar-refractivity contribution in [2.45, 2.75) is 52.6 Å². The molecule has 1 aromatic carbocycles. The van der Waals surface area contributed by atoms with Crippen molar-refractivity contribution in [2.24, 2.45) is 17.9 Å². The molecule has 2 heterocycles. The number of hydrogen-bond donors (Lipinski definition) is 1. The lowest BCUT2D eigenvalue weighted by atomic mass is 9.43. The van der Waals surface area contributed by atoms with Gasteiger partial charge in [-0.15, -0.1) is 0 Å². The highest BCUT2D eigenvalue weighted by molar-refractivity contribution is 6.17. The highest BCUT2D eigenvalue weighted by Gasteiger charge is 2.66. The molecule has 4 atom stereocenters. The summed E-state index contributed by atoms with van der Waals surface area (Å²) in [5, 5.41) is 10.3. The third kappa shape index (κ3) is 2.41. The molecule has 33 heavy (non-hydrogen) atoms. The quantitative estimate of drug-likeness (QED) is 0.673. The van der Waals surface area contributed by atoms with Crippen LogP contribution in [-0.2, 0) is 23.2 Å². The minimum atomic E-state index is -1.12. The molecule has 0 amide bonds. The van der Waals surface area contributed by atoms with E-state index >= 15 is 0 Å². The summed E-state index contributed by atoms with van der Waals surface area (Å²) in [7, 11) is 1.44. The van der Waals surface area contributed by atoms with Crippen molar-refractivity contribution in [3.8, 4) is 5.75 Å². The van der Waals surface area contributed by atoms with Gasteiger partial charge in [0.15, 0.2) is 11.6 Å². The Hall–Kier alpha value is -3.42. The van der Waals surface area contributed by atoms with E-state index in [4.69, 9.17) is 0 Å². The largest absolute Gasteiger partial charge is 0.508 e. The van der Waals surface area contributed by atoms with Gasteiger partial charge in [0.25, 0.3) is 0 Å². The van der Waals surface area contributed by atoms with Crippen molar-refractivity contribution < 1.29 is 14.7 Å². The van der Waals surface area contributed by atoms with E-state index in [0.29, 0.717) is 16.7 Å². The maximum absolute atomic E-state index is 13.9. The van der Waals surface area contributed by atoms with Gasteiger partial charge in [0.05, 0.1) is 18.0 Å². The second kappa shape index (κ2) is 6.56. The van der Waals surface area contributed by atoms with Crippen molar-refractivity contribution in [1.82, 2.24) is 13.9 Å². The van der Waals surface area contributed by atoms with Crippen molar-refractivity contribution in [2.75, 3.05) is 0 Å². The van der Waals surface area contributed by atoms with Gasteiger partial charge in [0.1, 0.15) is 5.75 Å². The lowest BCUT2D eigenvalue weighted by Crippen LogP contribution is -2.61. The molecule has 0 saturated heterocycles. The summed E-state index contributed by atoms with van der Waals surface area (Å²) in [6.07, 6.45) is 2.13. The van der Waals surface area contributed by atoms with Gasteiger partial charge in [-0.3, -0.25) is 9.59 Å². The van der Waals surface area contributed by atoms with Crippen LogP contribution in [0, 0.1) is 10.8 Å². The van der Waals surface area contributed by atoms with Crippen LogP contribution in [0.1, 0.15) is 51.6 Å². The zero-order chi connectivity index (χ0) is 24.0. The highest BCUT2D eigenvalue weighted by atomic mass is 16.3. The second-order valence-corrected chi connectivity index (χ2v) is 9.95. The van der Waals surface area contributed by atoms with Crippen molar-refractivity contribution >= 4 is 11.6 Å². The van der Waals surface area contributed by atoms with Crippen LogP contribution in [0.2, 0.25) is 0 Å². The fraction of sp³-hybridized carbons (Fsp3) is 0.440. The van der Waals surface area contributed by atoms with Gasteiger partial charge < -0.3 is 5.11 Å². The Morgan fingerprint density at radius 3 is 2.33 bits per heavy atom. The predicted octanol–water partition coefficient (Wildman–Crippen LogP) is 2.22. The third-order valence-corrected chi connectivity index (χ3v) is 8.51. The molecule has 1 N–H and O–H groups in total. The molecule has 2 aliphatic carbocycles. The standard InChI is InChI=1S/C25H27N3O5/c1-13-14(2)21(31)25(4)19(15-7-6-8-16(29)11-15)17-9-10-27-22(32)26(5)23(33)28(27)18(17)12-24(25,3)20(13)30/h6-9,11,18-19,29H,10,12H2,1-5H3/t18-,19+,24+,25-/m1/s1. The molecule has 0 spiro atoms. The number of phenols is 1. The van der Waals surface area contributed by atoms with E-state index in [1.807, 2.05) is 19.1 Å². The minimum Gasteiger partial charge on any atom is -0.508 e. The normalized spacial score (nSPS) is 31.1. The van der Waals surface area contributed by atoms with Gasteiger partial charge in [-0.05, 0) is 54.7 Å². The monoisotopic (exact) mass is 449 g/mol. The first kappa shape index (κ1) is 21.4. The molecule has 0 unspecified atom stereocenters. The molecule has 8 heteroatoms. The summed E-state index contributed by atoms with van der Waals surface area (Å²) in [5.74, 6) is -0.708. The number of hydrogen-bond acceptors (Lipinski definition) is 5. The average Bonchev–Trinajstić information content (AvgIpc) is 3.01. The molecule has 172 valence electrons. The van der Waals surface area contributed by atoms with Crippen LogP contribution < -0.4 is 11.4 Å². The van der Waals surface area contributed by atoms with E-state index in [1.54, 1.807) is 39.0 Å². The maximum Gasteiger partial charge on any atom is 0.347 e. The molecule has 1 aliphatic heterocycles. The number of aromatic nitrogens is 3. The Labute approximate surface area is 190 Å². The van der Waals surface area contributed by atoms with Gasteiger partial charge in [-0.25, -0.2) is 23.5 Å². The third-order valence-electron chi connectivity index (χ3n) is 8.51. The van der Waals surface area contributed by atoms with Crippen LogP contribution in [0.3, 0.4) is 0 Å². The second-order valence-electron chi connectivity index (χ2n) is 9.95. The van der Waals surface area contributed by atoms with Crippen LogP contribution in [0.4, 0.5) is 0 Å². The molecule has 0 radical (unpaired) electrons. The topological polar surface area (TPSA) is 103 Å². The molecule has 1 aromatic heterocycles. The molecular weight excluding hydrogens is 422 g/mol. The molecule has 0 bridgehead atoms. The SMILES string of the molecule is CC1=C(C)C(=O)[C@@]2(C)[C@@H](c3cccc(O)c3)C3=CCn4c(=O)n(C)c(=O)n4[C@@H]3C[C@@]2(C)C1=O. The van der Waals surface area contributed by atoms with Gasteiger partial charge in [0.2, 0.25) is 0 Å².